The molecule has 88 valence electrons. The third-order valence-electron chi connectivity index (χ3n) is 2.30. The van der Waals surface area contributed by atoms with E-state index in [0.29, 0.717) is 15.9 Å². The molecule has 2 aromatic rings. The number of nitrogens with one attached hydrogen (secondary N) is 1. The summed E-state index contributed by atoms with van der Waals surface area (Å²) in [6.45, 7) is 1.96. The molecule has 1 heterocycles. The zero-order chi connectivity index (χ0) is 12.4. The molecule has 0 saturated carbocycles. The minimum Gasteiger partial charge on any atom is -0.461 e. The summed E-state index contributed by atoms with van der Waals surface area (Å²) in [4.78, 5) is 26.2. The number of benzene rings is 1. The van der Waals surface area contributed by atoms with Gasteiger partial charge in [-0.05, 0) is 19.1 Å². The molecule has 1 aromatic heterocycles. The van der Waals surface area contributed by atoms with Crippen molar-refractivity contribution in [3.05, 3.63) is 45.2 Å². The first-order valence-corrected chi connectivity index (χ1v) is 5.50. The van der Waals surface area contributed by atoms with E-state index in [-0.39, 0.29) is 17.7 Å². The summed E-state index contributed by atoms with van der Waals surface area (Å²) >= 11 is 5.92. The number of H-pyrrole nitrogens is 1. The van der Waals surface area contributed by atoms with Gasteiger partial charge in [0.1, 0.15) is 5.69 Å². The predicted octanol–water partition coefficient (Wildman–Crippen LogP) is 2.36. The lowest BCUT2D eigenvalue weighted by Gasteiger charge is -2.04. The summed E-state index contributed by atoms with van der Waals surface area (Å²) in [6.07, 6.45) is 0. The van der Waals surface area contributed by atoms with E-state index in [0.717, 1.165) is 0 Å². The van der Waals surface area contributed by atoms with Crippen LogP contribution in [0.3, 0.4) is 0 Å². The molecule has 2 rings (SSSR count). The normalized spacial score (nSPS) is 10.5. The Morgan fingerprint density at radius 1 is 1.47 bits per heavy atom. The number of rotatable bonds is 2. The number of aromatic nitrogens is 1. The number of halogens is 1. The molecule has 0 unspecified atom stereocenters. The molecule has 0 aliphatic rings. The zero-order valence-electron chi connectivity index (χ0n) is 9.12. The van der Waals surface area contributed by atoms with E-state index in [1.807, 2.05) is 0 Å². The number of ether oxygens (including phenoxy) is 1. The van der Waals surface area contributed by atoms with Crippen molar-refractivity contribution in [3.8, 4) is 0 Å². The molecule has 0 bridgehead atoms. The first-order chi connectivity index (χ1) is 8.13. The van der Waals surface area contributed by atoms with Gasteiger partial charge in [0.05, 0.1) is 22.5 Å². The van der Waals surface area contributed by atoms with E-state index >= 15 is 0 Å². The fourth-order valence-electron chi connectivity index (χ4n) is 1.58. The lowest BCUT2D eigenvalue weighted by atomic mass is 10.2. The molecule has 0 amide bonds. The van der Waals surface area contributed by atoms with Crippen LogP contribution < -0.4 is 5.43 Å². The molecule has 0 fully saturated rings. The third kappa shape index (κ3) is 2.17. The van der Waals surface area contributed by atoms with Crippen LogP contribution in [0, 0.1) is 0 Å². The lowest BCUT2D eigenvalue weighted by Crippen LogP contribution is -2.12. The molecule has 1 aromatic carbocycles. The summed E-state index contributed by atoms with van der Waals surface area (Å²) < 4.78 is 4.82. The van der Waals surface area contributed by atoms with Crippen LogP contribution in [0.25, 0.3) is 10.9 Å². The lowest BCUT2D eigenvalue weighted by molar-refractivity contribution is 0.0520. The number of pyridine rings is 1. The summed E-state index contributed by atoms with van der Waals surface area (Å²) in [5, 5.41) is 0.737. The Bertz CT molecular complexity index is 633. The molecule has 0 radical (unpaired) electrons. The van der Waals surface area contributed by atoms with Crippen LogP contribution in [0.15, 0.2) is 29.1 Å². The molecule has 5 heteroatoms. The van der Waals surface area contributed by atoms with Crippen molar-refractivity contribution in [2.45, 2.75) is 6.92 Å². The van der Waals surface area contributed by atoms with Crippen LogP contribution in [0.1, 0.15) is 17.4 Å². The van der Waals surface area contributed by atoms with E-state index in [1.165, 1.54) is 6.07 Å². The van der Waals surface area contributed by atoms with Crippen LogP contribution in [-0.4, -0.2) is 17.6 Å². The predicted molar refractivity (Wildman–Crippen MR) is 65.5 cm³/mol. The average molecular weight is 252 g/mol. The number of hydrogen-bond donors (Lipinski definition) is 1. The number of hydrogen-bond acceptors (Lipinski definition) is 3. The highest BCUT2D eigenvalue weighted by atomic mass is 35.5. The highest BCUT2D eigenvalue weighted by Crippen LogP contribution is 2.18. The van der Waals surface area contributed by atoms with Gasteiger partial charge < -0.3 is 9.72 Å². The molecule has 0 aliphatic heterocycles. The van der Waals surface area contributed by atoms with Gasteiger partial charge in [0, 0.05) is 6.07 Å². The monoisotopic (exact) mass is 251 g/mol. The van der Waals surface area contributed by atoms with E-state index in [4.69, 9.17) is 16.3 Å². The Morgan fingerprint density at radius 3 is 2.94 bits per heavy atom. The fourth-order valence-corrected chi connectivity index (χ4v) is 1.85. The van der Waals surface area contributed by atoms with Crippen LogP contribution in [0.5, 0.6) is 0 Å². The van der Waals surface area contributed by atoms with Gasteiger partial charge in [0.25, 0.3) is 0 Å². The molecule has 0 spiro atoms. The Kier molecular flexibility index (Phi) is 3.15. The second kappa shape index (κ2) is 4.59. The second-order valence-corrected chi connectivity index (χ2v) is 3.84. The van der Waals surface area contributed by atoms with Crippen molar-refractivity contribution in [3.63, 3.8) is 0 Å². The molecular weight excluding hydrogens is 242 g/mol. The van der Waals surface area contributed by atoms with Crippen molar-refractivity contribution in [2.24, 2.45) is 0 Å². The molecule has 1 N–H and O–H groups in total. The largest absolute Gasteiger partial charge is 0.461 e. The molecule has 0 atom stereocenters. The van der Waals surface area contributed by atoms with Crippen molar-refractivity contribution < 1.29 is 9.53 Å². The van der Waals surface area contributed by atoms with Gasteiger partial charge in [-0.1, -0.05) is 17.7 Å². The average Bonchev–Trinajstić information content (AvgIpc) is 2.29. The Hall–Kier alpha value is -1.81. The minimum atomic E-state index is -0.550. The third-order valence-corrected chi connectivity index (χ3v) is 2.62. The van der Waals surface area contributed by atoms with Gasteiger partial charge in [-0.2, -0.15) is 0 Å². The Morgan fingerprint density at radius 2 is 2.24 bits per heavy atom. The van der Waals surface area contributed by atoms with Crippen LogP contribution in [-0.2, 0) is 4.74 Å². The maximum absolute atomic E-state index is 11.8. The number of fused-ring (bicyclic) bond motifs is 1. The van der Waals surface area contributed by atoms with Crippen molar-refractivity contribution in [1.82, 2.24) is 4.98 Å². The highest BCUT2D eigenvalue weighted by molar-refractivity contribution is 6.35. The van der Waals surface area contributed by atoms with Crippen molar-refractivity contribution in [2.75, 3.05) is 6.61 Å². The first kappa shape index (κ1) is 11.7. The topological polar surface area (TPSA) is 59.2 Å². The summed E-state index contributed by atoms with van der Waals surface area (Å²) in [5.41, 5.74) is 0.354. The molecule has 17 heavy (non-hydrogen) atoms. The van der Waals surface area contributed by atoms with Gasteiger partial charge in [0.15, 0.2) is 5.43 Å². The highest BCUT2D eigenvalue weighted by Gasteiger charge is 2.11. The van der Waals surface area contributed by atoms with E-state index < -0.39 is 5.97 Å². The van der Waals surface area contributed by atoms with Crippen molar-refractivity contribution in [1.29, 1.82) is 0 Å². The summed E-state index contributed by atoms with van der Waals surface area (Å²) in [6, 6.07) is 6.22. The van der Waals surface area contributed by atoms with Crippen LogP contribution >= 0.6 is 11.6 Å². The second-order valence-electron chi connectivity index (χ2n) is 3.43. The van der Waals surface area contributed by atoms with Crippen molar-refractivity contribution >= 4 is 28.5 Å². The van der Waals surface area contributed by atoms with Gasteiger partial charge in [-0.25, -0.2) is 4.79 Å². The molecule has 0 saturated heterocycles. The number of aromatic amines is 1. The van der Waals surface area contributed by atoms with E-state index in [2.05, 4.69) is 4.98 Å². The van der Waals surface area contributed by atoms with Crippen LogP contribution in [0.2, 0.25) is 5.02 Å². The summed E-state index contributed by atoms with van der Waals surface area (Å²) in [7, 11) is 0. The van der Waals surface area contributed by atoms with Gasteiger partial charge in [-0.3, -0.25) is 4.79 Å². The molecule has 4 nitrogen and oxygen atoms in total. The first-order valence-electron chi connectivity index (χ1n) is 5.12. The van der Waals surface area contributed by atoms with E-state index in [1.54, 1.807) is 25.1 Å². The standard InChI is InChI=1S/C12H10ClNO3/c1-2-17-12(16)9-6-10(15)11-7(13)4-3-5-8(11)14-9/h3-6H,2H2,1H3,(H,14,15). The Balaban J connectivity index is 2.65. The minimum absolute atomic E-state index is 0.131. The SMILES string of the molecule is CCOC(=O)c1cc(=O)c2c(Cl)cccc2[nH]1. The van der Waals surface area contributed by atoms with Gasteiger partial charge >= 0.3 is 5.97 Å². The van der Waals surface area contributed by atoms with E-state index in [9.17, 15) is 9.59 Å². The molecular formula is C12H10ClNO3. The zero-order valence-corrected chi connectivity index (χ0v) is 9.88. The Labute approximate surface area is 102 Å². The maximum Gasteiger partial charge on any atom is 0.354 e. The number of carbonyl (C=O) groups excluding carboxylic acids is 1. The number of esters is 1. The van der Waals surface area contributed by atoms with Crippen LogP contribution in [0.4, 0.5) is 0 Å². The van der Waals surface area contributed by atoms with Gasteiger partial charge in [-0.15, -0.1) is 0 Å². The fraction of sp³-hybridized carbons (Fsp3) is 0.167. The number of carbonyl (C=O) groups is 1. The van der Waals surface area contributed by atoms with Gasteiger partial charge in [0.2, 0.25) is 0 Å². The summed E-state index contributed by atoms with van der Waals surface area (Å²) in [5.74, 6) is -0.550. The molecule has 0 aliphatic carbocycles. The maximum atomic E-state index is 11.8. The quantitative estimate of drug-likeness (QED) is 0.834. The smallest absolute Gasteiger partial charge is 0.354 e.